The Labute approximate surface area is 86.0 Å². The lowest BCUT2D eigenvalue weighted by atomic mass is 10.2. The molecule has 0 aromatic heterocycles. The fourth-order valence-corrected chi connectivity index (χ4v) is 2.51. The van der Waals surface area contributed by atoms with Gasteiger partial charge in [-0.3, -0.25) is 0 Å². The smallest absolute Gasteiger partial charge is 0.320 e. The van der Waals surface area contributed by atoms with Crippen LogP contribution in [0.1, 0.15) is 0 Å². The average Bonchev–Trinajstić information content (AvgIpc) is 2.28. The molecule has 12 heavy (non-hydrogen) atoms. The maximum Gasteiger partial charge on any atom is 0.320 e. The van der Waals surface area contributed by atoms with Crippen molar-refractivity contribution in [2.24, 2.45) is 0 Å². The molecule has 2 fully saturated rings. The van der Waals surface area contributed by atoms with Gasteiger partial charge in [0, 0.05) is 56.1 Å². The maximum absolute atomic E-state index is 11.5. The van der Waals surface area contributed by atoms with Gasteiger partial charge in [0.2, 0.25) is 0 Å². The molecule has 2 rings (SSSR count). The Balaban J connectivity index is 2.09. The molecule has 2 heterocycles. The highest BCUT2D eigenvalue weighted by molar-refractivity contribution is 14.1. The summed E-state index contributed by atoms with van der Waals surface area (Å²) in [4.78, 5) is 15.3. The predicted molar refractivity (Wildman–Crippen MR) is 54.1 cm³/mol. The third-order valence-electron chi connectivity index (χ3n) is 2.49. The lowest BCUT2D eigenvalue weighted by Gasteiger charge is -2.32. The van der Waals surface area contributed by atoms with Crippen molar-refractivity contribution < 1.29 is 4.79 Å². The average molecular weight is 281 g/mol. The number of nitrogens with zero attached hydrogens (tertiary/aromatic N) is 3. The van der Waals surface area contributed by atoms with Crippen molar-refractivity contribution in [3.63, 3.8) is 0 Å². The zero-order chi connectivity index (χ0) is 8.72. The Morgan fingerprint density at radius 1 is 1.42 bits per heavy atom. The van der Waals surface area contributed by atoms with Gasteiger partial charge in [-0.05, 0) is 0 Å². The van der Waals surface area contributed by atoms with E-state index in [-0.39, 0.29) is 6.03 Å². The number of halogens is 1. The topological polar surface area (TPSA) is 26.8 Å². The minimum Gasteiger partial charge on any atom is -0.326 e. The van der Waals surface area contributed by atoms with Gasteiger partial charge in [0.05, 0.1) is 6.04 Å². The van der Waals surface area contributed by atoms with Crippen LogP contribution in [0.2, 0.25) is 0 Å². The van der Waals surface area contributed by atoms with Crippen molar-refractivity contribution in [2.45, 2.75) is 6.04 Å². The van der Waals surface area contributed by atoms with E-state index in [1.165, 1.54) is 0 Å². The van der Waals surface area contributed by atoms with Crippen LogP contribution < -0.4 is 0 Å². The second kappa shape index (κ2) is 3.02. The van der Waals surface area contributed by atoms with Crippen LogP contribution in [-0.4, -0.2) is 58.2 Å². The van der Waals surface area contributed by atoms with E-state index >= 15 is 0 Å². The Bertz CT molecular complexity index is 211. The number of carbonyl (C=O) groups excluding carboxylic acids is 1. The molecule has 0 N–H and O–H groups in total. The van der Waals surface area contributed by atoms with Crippen LogP contribution in [0.3, 0.4) is 0 Å². The van der Waals surface area contributed by atoms with Gasteiger partial charge in [-0.1, -0.05) is 0 Å². The van der Waals surface area contributed by atoms with E-state index < -0.39 is 0 Å². The third-order valence-corrected chi connectivity index (χ3v) is 3.37. The summed E-state index contributed by atoms with van der Waals surface area (Å²) in [5.41, 5.74) is 0. The second-order valence-electron chi connectivity index (χ2n) is 3.38. The number of hydrogen-bond donors (Lipinski definition) is 0. The molecule has 0 aromatic carbocycles. The maximum atomic E-state index is 11.5. The number of piperazine rings is 1. The molecule has 2 aliphatic rings. The summed E-state index contributed by atoms with van der Waals surface area (Å²) in [6.07, 6.45) is 0. The lowest BCUT2D eigenvalue weighted by molar-refractivity contribution is 0.170. The van der Waals surface area contributed by atoms with Crippen LogP contribution in [0.15, 0.2) is 0 Å². The van der Waals surface area contributed by atoms with Crippen LogP contribution >= 0.6 is 22.9 Å². The van der Waals surface area contributed by atoms with E-state index in [0.29, 0.717) is 6.04 Å². The molecular formula is C7H12IN3O. The van der Waals surface area contributed by atoms with Crippen LogP contribution in [0.25, 0.3) is 0 Å². The lowest BCUT2D eigenvalue weighted by Crippen LogP contribution is -2.48. The minimum absolute atomic E-state index is 0.199. The predicted octanol–water partition coefficient (Wildman–Crippen LogP) is 0.388. The molecule has 2 amide bonds. The summed E-state index contributed by atoms with van der Waals surface area (Å²) in [5.74, 6) is 0. The summed E-state index contributed by atoms with van der Waals surface area (Å²) >= 11 is 2.32. The molecule has 68 valence electrons. The van der Waals surface area contributed by atoms with E-state index in [1.807, 2.05) is 11.9 Å². The number of fused-ring (bicyclic) bond motifs is 1. The van der Waals surface area contributed by atoms with Gasteiger partial charge < -0.3 is 9.80 Å². The van der Waals surface area contributed by atoms with Crippen LogP contribution in [-0.2, 0) is 0 Å². The molecule has 0 aliphatic carbocycles. The first kappa shape index (κ1) is 8.55. The summed E-state index contributed by atoms with van der Waals surface area (Å²) < 4.78 is 2.26. The minimum atomic E-state index is 0.199. The number of likely N-dealkylation sites (N-methyl/N-ethyl adjacent to an activating group) is 1. The van der Waals surface area contributed by atoms with Crippen molar-refractivity contribution >= 4 is 28.9 Å². The van der Waals surface area contributed by atoms with Gasteiger partial charge in [0.1, 0.15) is 0 Å². The van der Waals surface area contributed by atoms with Crippen molar-refractivity contribution in [3.05, 3.63) is 0 Å². The molecule has 0 saturated carbocycles. The fourth-order valence-electron chi connectivity index (χ4n) is 1.84. The summed E-state index contributed by atoms with van der Waals surface area (Å²) in [6.45, 7) is 3.78. The number of amides is 2. The van der Waals surface area contributed by atoms with E-state index in [0.717, 1.165) is 26.2 Å². The first-order valence-electron chi connectivity index (χ1n) is 4.11. The number of hydrogen-bond acceptors (Lipinski definition) is 2. The number of rotatable bonds is 0. The van der Waals surface area contributed by atoms with Crippen molar-refractivity contribution in [1.82, 2.24) is 12.9 Å². The largest absolute Gasteiger partial charge is 0.326 e. The summed E-state index contributed by atoms with van der Waals surface area (Å²) in [6, 6.07) is 0.623. The first-order chi connectivity index (χ1) is 5.68. The molecular weight excluding hydrogens is 269 g/mol. The standard InChI is InChI=1S/C7H12IN3O/c1-9-4-6-5-10(8)2-3-11(6)7(9)12/h6H,2-5H2,1H3/t6-/m1/s1. The van der Waals surface area contributed by atoms with Gasteiger partial charge in [-0.2, -0.15) is 0 Å². The molecule has 0 radical (unpaired) electrons. The molecule has 0 bridgehead atoms. The monoisotopic (exact) mass is 281 g/mol. The third kappa shape index (κ3) is 1.28. The molecule has 4 nitrogen and oxygen atoms in total. The SMILES string of the molecule is CN1C[C@@H]2CN(I)CCN2C1=O. The zero-order valence-electron chi connectivity index (χ0n) is 7.03. The zero-order valence-corrected chi connectivity index (χ0v) is 9.19. The van der Waals surface area contributed by atoms with Gasteiger partial charge in [-0.25, -0.2) is 7.91 Å². The van der Waals surface area contributed by atoms with Gasteiger partial charge in [0.25, 0.3) is 0 Å². The molecule has 0 unspecified atom stereocenters. The highest BCUT2D eigenvalue weighted by Crippen LogP contribution is 2.20. The molecule has 5 heteroatoms. The normalized spacial score (nSPS) is 31.2. The van der Waals surface area contributed by atoms with Crippen molar-refractivity contribution in [1.29, 1.82) is 0 Å². The van der Waals surface area contributed by atoms with Gasteiger partial charge in [-0.15, -0.1) is 0 Å². The van der Waals surface area contributed by atoms with Crippen molar-refractivity contribution in [2.75, 3.05) is 33.2 Å². The van der Waals surface area contributed by atoms with Gasteiger partial charge >= 0.3 is 6.03 Å². The molecule has 2 aliphatic heterocycles. The quantitative estimate of drug-likeness (QED) is 0.474. The Kier molecular flexibility index (Phi) is 2.16. The number of carbonyl (C=O) groups is 1. The van der Waals surface area contributed by atoms with E-state index in [9.17, 15) is 4.79 Å². The number of urea groups is 1. The van der Waals surface area contributed by atoms with Crippen LogP contribution in [0.5, 0.6) is 0 Å². The van der Waals surface area contributed by atoms with E-state index in [4.69, 9.17) is 0 Å². The molecule has 0 spiro atoms. The van der Waals surface area contributed by atoms with E-state index in [1.54, 1.807) is 4.90 Å². The summed E-state index contributed by atoms with van der Waals surface area (Å²) in [5, 5.41) is 0. The van der Waals surface area contributed by atoms with Crippen molar-refractivity contribution in [3.8, 4) is 0 Å². The first-order valence-corrected chi connectivity index (χ1v) is 5.07. The Morgan fingerprint density at radius 3 is 2.92 bits per heavy atom. The molecule has 2 saturated heterocycles. The highest BCUT2D eigenvalue weighted by Gasteiger charge is 2.38. The van der Waals surface area contributed by atoms with Gasteiger partial charge in [0.15, 0.2) is 0 Å². The fraction of sp³-hybridized carbons (Fsp3) is 0.857. The molecule has 0 aromatic rings. The molecule has 1 atom stereocenters. The Hall–Kier alpha value is -0.0400. The second-order valence-corrected chi connectivity index (χ2v) is 4.74. The Morgan fingerprint density at radius 2 is 2.17 bits per heavy atom. The van der Waals surface area contributed by atoms with Crippen LogP contribution in [0, 0.1) is 0 Å². The summed E-state index contributed by atoms with van der Waals surface area (Å²) in [7, 11) is 1.87. The van der Waals surface area contributed by atoms with Crippen LogP contribution in [0.4, 0.5) is 4.79 Å². The highest BCUT2D eigenvalue weighted by atomic mass is 127. The van der Waals surface area contributed by atoms with E-state index in [2.05, 4.69) is 26.0 Å².